The summed E-state index contributed by atoms with van der Waals surface area (Å²) in [5.74, 6) is -0.520. The molecule has 0 radical (unpaired) electrons. The minimum Gasteiger partial charge on any atom is -0.338 e. The lowest BCUT2D eigenvalue weighted by Gasteiger charge is -2.35. The van der Waals surface area contributed by atoms with Crippen molar-refractivity contribution < 1.29 is 17.6 Å². The lowest BCUT2D eigenvalue weighted by atomic mass is 9.94. The first kappa shape index (κ1) is 20.0. The average Bonchev–Trinajstić information content (AvgIpc) is 2.74. The molecule has 2 aliphatic heterocycles. The summed E-state index contributed by atoms with van der Waals surface area (Å²) in [6.07, 6.45) is 1.95. The Morgan fingerprint density at radius 1 is 0.966 bits per heavy atom. The Morgan fingerprint density at radius 2 is 1.62 bits per heavy atom. The smallest absolute Gasteiger partial charge is 0.226 e. The molecule has 2 heterocycles. The van der Waals surface area contributed by atoms with Gasteiger partial charge in [-0.2, -0.15) is 0 Å². The Labute approximate surface area is 171 Å². The zero-order valence-corrected chi connectivity index (χ0v) is 17.1. The highest BCUT2D eigenvalue weighted by molar-refractivity contribution is 7.88. The monoisotopic (exact) mass is 416 g/mol. The maximum atomic E-state index is 13.0. The summed E-state index contributed by atoms with van der Waals surface area (Å²) >= 11 is 0. The van der Waals surface area contributed by atoms with Gasteiger partial charge in [-0.25, -0.2) is 17.1 Å². The Hall–Kier alpha value is -2.25. The number of benzene rings is 2. The van der Waals surface area contributed by atoms with Gasteiger partial charge in [0, 0.05) is 32.1 Å². The van der Waals surface area contributed by atoms with E-state index in [1.807, 2.05) is 17.0 Å². The van der Waals surface area contributed by atoms with Crippen LogP contribution in [0.4, 0.5) is 4.39 Å². The first-order valence-corrected chi connectivity index (χ1v) is 11.6. The molecule has 1 fully saturated rings. The van der Waals surface area contributed by atoms with Gasteiger partial charge in [-0.05, 0) is 48.1 Å². The van der Waals surface area contributed by atoms with Gasteiger partial charge in [-0.15, -0.1) is 0 Å². The molecule has 2 aliphatic rings. The number of halogens is 1. The number of fused-ring (bicyclic) bond motifs is 1. The zero-order chi connectivity index (χ0) is 20.4. The molecule has 0 bridgehead atoms. The molecular weight excluding hydrogens is 391 g/mol. The third kappa shape index (κ3) is 4.51. The third-order valence-electron chi connectivity index (χ3n) is 5.90. The van der Waals surface area contributed by atoms with Crippen molar-refractivity contribution in [2.75, 3.05) is 19.6 Å². The van der Waals surface area contributed by atoms with Crippen molar-refractivity contribution in [2.45, 2.75) is 31.6 Å². The standard InChI is InChI=1S/C22H25FN2O3S/c23-21-7-5-17(6-8-21)16-29(27,28)25-13-10-19(11-14-25)22(26)24-12-9-18-3-1-2-4-20(18)15-24/h1-8,19H,9-16H2. The topological polar surface area (TPSA) is 57.7 Å². The van der Waals surface area contributed by atoms with E-state index in [1.165, 1.54) is 39.7 Å². The van der Waals surface area contributed by atoms with Crippen molar-refractivity contribution in [3.63, 3.8) is 0 Å². The quantitative estimate of drug-likeness (QED) is 0.770. The highest BCUT2D eigenvalue weighted by Crippen LogP contribution is 2.26. The number of hydrogen-bond acceptors (Lipinski definition) is 3. The van der Waals surface area contributed by atoms with Gasteiger partial charge in [0.15, 0.2) is 0 Å². The molecule has 0 unspecified atom stereocenters. The minimum atomic E-state index is -3.48. The van der Waals surface area contributed by atoms with E-state index < -0.39 is 10.0 Å². The number of carbonyl (C=O) groups is 1. The van der Waals surface area contributed by atoms with E-state index in [1.54, 1.807) is 0 Å². The van der Waals surface area contributed by atoms with E-state index in [-0.39, 0.29) is 23.4 Å². The van der Waals surface area contributed by atoms with Gasteiger partial charge in [0.05, 0.1) is 5.75 Å². The third-order valence-corrected chi connectivity index (χ3v) is 7.75. The van der Waals surface area contributed by atoms with Gasteiger partial charge in [0.2, 0.25) is 15.9 Å². The van der Waals surface area contributed by atoms with Crippen LogP contribution < -0.4 is 0 Å². The van der Waals surface area contributed by atoms with Gasteiger partial charge >= 0.3 is 0 Å². The van der Waals surface area contributed by atoms with Crippen molar-refractivity contribution in [3.8, 4) is 0 Å². The molecule has 0 spiro atoms. The molecule has 29 heavy (non-hydrogen) atoms. The second kappa shape index (κ2) is 8.24. The van der Waals surface area contributed by atoms with Crippen LogP contribution in [-0.2, 0) is 33.5 Å². The minimum absolute atomic E-state index is 0.127. The number of sulfonamides is 1. The predicted molar refractivity (Wildman–Crippen MR) is 109 cm³/mol. The van der Waals surface area contributed by atoms with Crippen LogP contribution >= 0.6 is 0 Å². The van der Waals surface area contributed by atoms with Gasteiger partial charge in [-0.3, -0.25) is 4.79 Å². The first-order valence-electron chi connectivity index (χ1n) is 10.0. The Balaban J connectivity index is 1.34. The van der Waals surface area contributed by atoms with Crippen molar-refractivity contribution in [1.82, 2.24) is 9.21 Å². The summed E-state index contributed by atoms with van der Waals surface area (Å²) in [6.45, 7) is 2.06. The molecule has 0 aliphatic carbocycles. The van der Waals surface area contributed by atoms with Crippen LogP contribution in [0.15, 0.2) is 48.5 Å². The second-order valence-corrected chi connectivity index (χ2v) is 9.80. The maximum absolute atomic E-state index is 13.0. The van der Waals surface area contributed by atoms with Gasteiger partial charge in [0.1, 0.15) is 5.82 Å². The fourth-order valence-electron chi connectivity index (χ4n) is 4.21. The fraction of sp³-hybridized carbons (Fsp3) is 0.409. The number of rotatable bonds is 4. The zero-order valence-electron chi connectivity index (χ0n) is 16.3. The van der Waals surface area contributed by atoms with E-state index >= 15 is 0 Å². The number of carbonyl (C=O) groups excluding carboxylic acids is 1. The van der Waals surface area contributed by atoms with Crippen LogP contribution in [0, 0.1) is 11.7 Å². The summed E-state index contributed by atoms with van der Waals surface area (Å²) in [7, 11) is -3.48. The lowest BCUT2D eigenvalue weighted by Crippen LogP contribution is -2.45. The van der Waals surface area contributed by atoms with Crippen molar-refractivity contribution in [1.29, 1.82) is 0 Å². The van der Waals surface area contributed by atoms with Crippen molar-refractivity contribution in [2.24, 2.45) is 5.92 Å². The molecule has 5 nitrogen and oxygen atoms in total. The summed E-state index contributed by atoms with van der Waals surface area (Å²) in [6, 6.07) is 13.7. The van der Waals surface area contributed by atoms with Crippen molar-refractivity contribution in [3.05, 3.63) is 71.0 Å². The van der Waals surface area contributed by atoms with Crippen LogP contribution in [0.5, 0.6) is 0 Å². The number of piperidine rings is 1. The molecule has 154 valence electrons. The first-order chi connectivity index (χ1) is 13.9. The largest absolute Gasteiger partial charge is 0.338 e. The summed E-state index contributed by atoms with van der Waals surface area (Å²) in [5, 5.41) is 0. The Kier molecular flexibility index (Phi) is 5.69. The van der Waals surface area contributed by atoms with E-state index in [4.69, 9.17) is 0 Å². The molecule has 0 saturated carbocycles. The molecule has 7 heteroatoms. The second-order valence-electron chi connectivity index (χ2n) is 7.83. The number of hydrogen-bond donors (Lipinski definition) is 0. The number of amides is 1. The lowest BCUT2D eigenvalue weighted by molar-refractivity contribution is -0.137. The van der Waals surface area contributed by atoms with E-state index in [9.17, 15) is 17.6 Å². The van der Waals surface area contributed by atoms with Gasteiger partial charge < -0.3 is 4.90 Å². The van der Waals surface area contributed by atoms with Crippen LogP contribution in [0.25, 0.3) is 0 Å². The van der Waals surface area contributed by atoms with Gasteiger partial charge in [-0.1, -0.05) is 36.4 Å². The highest BCUT2D eigenvalue weighted by atomic mass is 32.2. The summed E-state index contributed by atoms with van der Waals surface area (Å²) in [5.41, 5.74) is 3.07. The fourth-order valence-corrected chi connectivity index (χ4v) is 5.77. The average molecular weight is 417 g/mol. The van der Waals surface area contributed by atoms with E-state index in [2.05, 4.69) is 12.1 Å². The Morgan fingerprint density at radius 3 is 2.31 bits per heavy atom. The highest BCUT2D eigenvalue weighted by Gasteiger charge is 2.34. The van der Waals surface area contributed by atoms with Gasteiger partial charge in [0.25, 0.3) is 0 Å². The molecule has 2 aromatic carbocycles. The number of nitrogens with zero attached hydrogens (tertiary/aromatic N) is 2. The molecule has 4 rings (SSSR count). The summed E-state index contributed by atoms with van der Waals surface area (Å²) in [4.78, 5) is 14.9. The van der Waals surface area contributed by atoms with Crippen LogP contribution in [-0.4, -0.2) is 43.2 Å². The Bertz CT molecular complexity index is 983. The SMILES string of the molecule is O=C(C1CCN(S(=O)(=O)Cc2ccc(F)cc2)CC1)N1CCc2ccccc2C1. The molecule has 1 amide bonds. The van der Waals surface area contributed by atoms with Crippen LogP contribution in [0.2, 0.25) is 0 Å². The summed E-state index contributed by atoms with van der Waals surface area (Å²) < 4.78 is 39.9. The molecule has 1 saturated heterocycles. The molecule has 0 N–H and O–H groups in total. The molecule has 2 aromatic rings. The van der Waals surface area contributed by atoms with E-state index in [0.29, 0.717) is 38.0 Å². The van der Waals surface area contributed by atoms with E-state index in [0.717, 1.165) is 13.0 Å². The predicted octanol–water partition coefficient (Wildman–Crippen LogP) is 2.95. The molecule has 0 aromatic heterocycles. The van der Waals surface area contributed by atoms with Crippen molar-refractivity contribution >= 4 is 15.9 Å². The normalized spacial score (nSPS) is 18.4. The van der Waals surface area contributed by atoms with Crippen LogP contribution in [0.3, 0.4) is 0 Å². The molecule has 0 atom stereocenters. The van der Waals surface area contributed by atoms with Crippen LogP contribution in [0.1, 0.15) is 29.5 Å². The maximum Gasteiger partial charge on any atom is 0.226 e. The molecular formula is C22H25FN2O3S.